The molecule has 0 saturated heterocycles. The Morgan fingerprint density at radius 1 is 0.217 bits per heavy atom. The van der Waals surface area contributed by atoms with Gasteiger partial charge in [0.15, 0.2) is 46.5 Å². The van der Waals surface area contributed by atoms with Crippen LogP contribution in [0.25, 0.3) is 172 Å². The zero-order chi connectivity index (χ0) is 80.1. The summed E-state index contributed by atoms with van der Waals surface area (Å²) >= 11 is 12.4. The molecule has 20 aromatic rings. The highest BCUT2D eigenvalue weighted by molar-refractivity contribution is 7.17. The van der Waals surface area contributed by atoms with Crippen molar-refractivity contribution in [1.82, 2.24) is 39.9 Å². The van der Waals surface area contributed by atoms with Crippen LogP contribution in [0.15, 0.2) is 182 Å². The highest BCUT2D eigenvalue weighted by Gasteiger charge is 2.30. The predicted octanol–water partition coefficient (Wildman–Crippen LogP) is 28.9. The third-order valence-corrected chi connectivity index (χ3v) is 27.5. The van der Waals surface area contributed by atoms with Gasteiger partial charge in [-0.3, -0.25) is 0 Å². The average Bonchev–Trinajstić information content (AvgIpc) is 1.35. The smallest absolute Gasteiger partial charge is 0.187 e. The summed E-state index contributed by atoms with van der Waals surface area (Å²) in [6.45, 7) is 18.0. The number of rotatable bonds is 9. The highest BCUT2D eigenvalue weighted by atomic mass is 32.1. The topological polar surface area (TPSA) is 112 Å². The molecule has 0 fully saturated rings. The van der Waals surface area contributed by atoms with Crippen molar-refractivity contribution in [3.8, 4) is 89.3 Å². The van der Waals surface area contributed by atoms with Crippen LogP contribution in [0, 0.1) is 109 Å². The maximum atomic E-state index is 15.2. The van der Waals surface area contributed by atoms with Gasteiger partial charge in [-0.25, -0.2) is 75.0 Å². The van der Waals surface area contributed by atoms with Crippen LogP contribution in [0.4, 0.5) is 35.1 Å². The van der Waals surface area contributed by atoms with Crippen molar-refractivity contribution < 1.29 is 39.9 Å². The summed E-state index contributed by atoms with van der Waals surface area (Å²) in [5.74, 6) is -8.92. The Morgan fingerprint density at radius 3 is 0.835 bits per heavy atom. The number of methoxy groups -OCH3 is 1. The van der Waals surface area contributed by atoms with E-state index in [-0.39, 0.29) is 20.8 Å². The fourth-order valence-corrected chi connectivity index (χ4v) is 20.5. The second-order valence-corrected chi connectivity index (χ2v) is 37.8. The number of halogens is 8. The Morgan fingerprint density at radius 2 is 0.496 bits per heavy atom. The largest absolute Gasteiger partial charge is 0.494 e. The number of ether oxygens (including phenoxy) is 1. The van der Waals surface area contributed by atoms with Crippen LogP contribution in [0.5, 0.6) is 5.75 Å². The van der Waals surface area contributed by atoms with E-state index in [9.17, 15) is 26.3 Å². The van der Waals surface area contributed by atoms with E-state index in [1.54, 1.807) is 90.6 Å². The van der Waals surface area contributed by atoms with Gasteiger partial charge in [0, 0.05) is 78.0 Å². The number of hydrogen-bond acceptors (Lipinski definition) is 17. The Bertz CT molecular complexity index is 6990. The molecule has 0 radical (unpaired) electrons. The first kappa shape index (κ1) is 76.6. The Balaban J connectivity index is 0.000000111. The molecule has 0 aliphatic rings. The zero-order valence-corrected chi connectivity index (χ0v) is 69.1. The van der Waals surface area contributed by atoms with Gasteiger partial charge in [-0.1, -0.05) is 12.1 Å². The van der Waals surface area contributed by atoms with Gasteiger partial charge in [0.2, 0.25) is 0 Å². The first-order chi connectivity index (χ1) is 55.3. The lowest BCUT2D eigenvalue weighted by Gasteiger charge is -2.11. The summed E-state index contributed by atoms with van der Waals surface area (Å²) in [5, 5.41) is 0. The van der Waals surface area contributed by atoms with E-state index in [4.69, 9.17) is 24.7 Å². The molecule has 25 heteroatoms. The molecule has 0 bridgehead atoms. The monoisotopic (exact) mass is 1680 g/mol. The van der Waals surface area contributed by atoms with Crippen molar-refractivity contribution >= 4 is 179 Å². The molecule has 0 unspecified atom stereocenters. The fraction of sp³-hybridized carbons (Fsp3) is 0.111. The lowest BCUT2D eigenvalue weighted by atomic mass is 10.1. The van der Waals surface area contributed by atoms with Crippen molar-refractivity contribution in [3.05, 3.63) is 273 Å². The van der Waals surface area contributed by atoms with Crippen LogP contribution in [0.2, 0.25) is 0 Å². The number of thiophene rings is 8. The number of benzene rings is 8. The summed E-state index contributed by atoms with van der Waals surface area (Å²) in [4.78, 5) is 51.8. The number of fused-ring (bicyclic) bond motifs is 8. The minimum atomic E-state index is -1.56. The molecule has 570 valence electrons. The maximum Gasteiger partial charge on any atom is 0.187 e. The summed E-state index contributed by atoms with van der Waals surface area (Å²) in [7, 11) is 1.69. The molecular formula is C90H60F8N8OS8. The van der Waals surface area contributed by atoms with Gasteiger partial charge in [0.05, 0.1) is 67.9 Å². The molecule has 0 atom stereocenters. The standard InChI is InChI=1S/C24H20N2OS2.C22H10F6N2S2.C22H14F2N2S2.C22H16N2S2/c1-13-9-16(21-7-5-14(2)28-21)10-18-23(13)25-19-11-17(22-8-6-15(3)29-22)12-20(27-4)24(19)26-18;1-7-3-5-9(31-7)11-13(23)17(27)21-19(15(11)25)29-22-18(28)14(24)12(16(26)20(22)30-21)10-6-4-8(2)32-10;1-11-3-5-19(27-11)13-7-15(23)21-17(9-13)25-22-16(24)8-14(10-18(22)26-21)20-6-4-12(2)28-20;1-13-3-9-21(25-13)15-5-7-17-19(11-15)23-18-8-6-16(12-20(18)24-17)22-10-4-14(2)26-22/h5-12H,1-4H3;3-6H,1-2H3;3-10H,1-2H3;3-12H,1-2H3. The van der Waals surface area contributed by atoms with Crippen LogP contribution in [0.3, 0.4) is 0 Å². The quantitative estimate of drug-likeness (QED) is 0.0792. The van der Waals surface area contributed by atoms with Crippen molar-refractivity contribution in [3.63, 3.8) is 0 Å². The molecule has 12 heterocycles. The SMILES string of the molecule is COc1cc(-c2ccc(C)s2)cc2nc3c(C)cc(-c4ccc(C)s4)cc3nc12.Cc1ccc(-c2c(F)c(F)c3nc4c(F)c(-c5ccc(C)s5)c(F)c(F)c4nc3c2F)s1.Cc1ccc(-c2cc(F)c3nc4cc(-c5ccc(C)s5)cc(F)c4nc3c2)s1.Cc1ccc(-c2ccc3nc4cc(-c5ccc(C)s5)ccc4nc3c2)s1. The van der Waals surface area contributed by atoms with Crippen LogP contribution >= 0.6 is 90.7 Å². The van der Waals surface area contributed by atoms with Gasteiger partial charge in [-0.2, -0.15) is 0 Å². The second-order valence-electron chi connectivity index (χ2n) is 27.5. The minimum Gasteiger partial charge on any atom is -0.494 e. The minimum absolute atomic E-state index is 0.0847. The van der Waals surface area contributed by atoms with Gasteiger partial charge < -0.3 is 4.74 Å². The van der Waals surface area contributed by atoms with Gasteiger partial charge in [-0.15, -0.1) is 90.7 Å². The van der Waals surface area contributed by atoms with Gasteiger partial charge in [-0.05, 0) is 271 Å². The van der Waals surface area contributed by atoms with Crippen molar-refractivity contribution in [2.24, 2.45) is 0 Å². The second kappa shape index (κ2) is 31.0. The van der Waals surface area contributed by atoms with Crippen molar-refractivity contribution in [2.45, 2.75) is 62.3 Å². The summed E-state index contributed by atoms with van der Waals surface area (Å²) in [5.41, 5.74) is 10.7. The number of aryl methyl sites for hydroxylation is 9. The third-order valence-electron chi connectivity index (χ3n) is 19.1. The van der Waals surface area contributed by atoms with Gasteiger partial charge in [0.1, 0.15) is 44.4 Å². The van der Waals surface area contributed by atoms with Crippen molar-refractivity contribution in [1.29, 1.82) is 0 Å². The molecule has 12 aromatic heterocycles. The van der Waals surface area contributed by atoms with E-state index in [0.29, 0.717) is 11.0 Å². The lowest BCUT2D eigenvalue weighted by Crippen LogP contribution is -2.05. The van der Waals surface area contributed by atoms with Crippen LogP contribution in [-0.2, 0) is 0 Å². The van der Waals surface area contributed by atoms with Crippen LogP contribution in [0.1, 0.15) is 44.6 Å². The molecule has 0 amide bonds. The van der Waals surface area contributed by atoms with E-state index in [1.807, 2.05) is 60.8 Å². The van der Waals surface area contributed by atoms with Crippen LogP contribution in [-0.4, -0.2) is 47.0 Å². The number of nitrogens with zero attached hydrogens (tertiary/aromatic N) is 8. The normalized spacial score (nSPS) is 11.6. The third kappa shape index (κ3) is 15.0. The summed E-state index contributed by atoms with van der Waals surface area (Å²) in [6.07, 6.45) is 0. The summed E-state index contributed by atoms with van der Waals surface area (Å²) < 4.78 is 125. The Kier molecular flexibility index (Phi) is 20.6. The molecular weight excluding hydrogens is 1620 g/mol. The Labute approximate surface area is 684 Å². The maximum absolute atomic E-state index is 15.2. The first-order valence-corrected chi connectivity index (χ1v) is 42.4. The van der Waals surface area contributed by atoms with E-state index in [1.165, 1.54) is 80.0 Å². The van der Waals surface area contributed by atoms with E-state index in [2.05, 4.69) is 164 Å². The molecule has 115 heavy (non-hydrogen) atoms. The number of aromatic nitrogens is 8. The van der Waals surface area contributed by atoms with E-state index in [0.717, 1.165) is 124 Å². The molecule has 0 spiro atoms. The zero-order valence-electron chi connectivity index (χ0n) is 62.6. The van der Waals surface area contributed by atoms with Gasteiger partial charge >= 0.3 is 0 Å². The first-order valence-electron chi connectivity index (χ1n) is 35.8. The molecule has 0 saturated carbocycles. The molecule has 8 aromatic carbocycles. The molecule has 0 aliphatic carbocycles. The Hall–Kier alpha value is -11.0. The molecule has 9 nitrogen and oxygen atoms in total. The summed E-state index contributed by atoms with van der Waals surface area (Å²) in [6, 6.07) is 58.8. The molecule has 20 rings (SSSR count). The van der Waals surface area contributed by atoms with Crippen LogP contribution < -0.4 is 4.74 Å². The average molecular weight is 1680 g/mol. The van der Waals surface area contributed by atoms with E-state index >= 15 is 8.78 Å². The molecule has 0 N–H and O–H groups in total. The predicted molar refractivity (Wildman–Crippen MR) is 464 cm³/mol. The lowest BCUT2D eigenvalue weighted by molar-refractivity contribution is 0.419. The molecule has 0 aliphatic heterocycles. The fourth-order valence-electron chi connectivity index (χ4n) is 13.5. The van der Waals surface area contributed by atoms with Crippen molar-refractivity contribution in [2.75, 3.05) is 7.11 Å². The van der Waals surface area contributed by atoms with Gasteiger partial charge in [0.25, 0.3) is 0 Å². The van der Waals surface area contributed by atoms with E-state index < -0.39 is 79.7 Å². The number of hydrogen-bond donors (Lipinski definition) is 0. The highest BCUT2D eigenvalue weighted by Crippen LogP contribution is 2.44.